The van der Waals surface area contributed by atoms with Crippen LogP contribution in [0.2, 0.25) is 0 Å². The van der Waals surface area contributed by atoms with Crippen molar-refractivity contribution in [2.24, 2.45) is 5.10 Å². The van der Waals surface area contributed by atoms with Crippen LogP contribution in [0.25, 0.3) is 33.1 Å². The Labute approximate surface area is 190 Å². The molecule has 5 aromatic rings. The van der Waals surface area contributed by atoms with Crippen LogP contribution in [0, 0.1) is 0 Å². The molecule has 0 atom stereocenters. The lowest BCUT2D eigenvalue weighted by molar-refractivity contribution is 0.669. The van der Waals surface area contributed by atoms with Crippen molar-refractivity contribution in [3.05, 3.63) is 114 Å². The fraction of sp³-hybridized carbons (Fsp3) is 0. The predicted molar refractivity (Wildman–Crippen MR) is 132 cm³/mol. The standard InChI is InChI=1S/C27H18ClN3O/c28-27-17-24(20-12-15-23-22-8-4-5-9-25(22)32-26(23)16-20)29-31(30-27)21-13-10-19(11-14-21)18-6-2-1-3-7-18/h1-17,30H. The molecular weight excluding hydrogens is 418 g/mol. The van der Waals surface area contributed by atoms with Crippen molar-refractivity contribution < 1.29 is 4.42 Å². The predicted octanol–water partition coefficient (Wildman–Crippen LogP) is 7.06. The molecule has 0 unspecified atom stereocenters. The van der Waals surface area contributed by atoms with Crippen LogP contribution in [0.4, 0.5) is 5.69 Å². The summed E-state index contributed by atoms with van der Waals surface area (Å²) in [6, 6.07) is 32.7. The van der Waals surface area contributed by atoms with Gasteiger partial charge in [-0.25, -0.2) is 0 Å². The molecule has 1 N–H and O–H groups in total. The largest absolute Gasteiger partial charge is 0.456 e. The molecule has 4 nitrogen and oxygen atoms in total. The summed E-state index contributed by atoms with van der Waals surface area (Å²) < 4.78 is 6.04. The molecule has 0 radical (unpaired) electrons. The van der Waals surface area contributed by atoms with E-state index < -0.39 is 0 Å². The number of nitrogens with one attached hydrogen (secondary N) is 1. The topological polar surface area (TPSA) is 40.8 Å². The van der Waals surface area contributed by atoms with Gasteiger partial charge >= 0.3 is 0 Å². The maximum atomic E-state index is 6.42. The quantitative estimate of drug-likeness (QED) is 0.308. The number of allylic oxidation sites excluding steroid dienone is 1. The van der Waals surface area contributed by atoms with Crippen LogP contribution in [0.3, 0.4) is 0 Å². The van der Waals surface area contributed by atoms with Crippen LogP contribution in [-0.2, 0) is 0 Å². The van der Waals surface area contributed by atoms with Crippen LogP contribution in [-0.4, -0.2) is 5.71 Å². The van der Waals surface area contributed by atoms with Gasteiger partial charge in [-0.2, -0.15) is 10.2 Å². The number of hydrazone groups is 1. The second-order valence-corrected chi connectivity index (χ2v) is 8.03. The third kappa shape index (κ3) is 3.31. The number of rotatable bonds is 3. The zero-order chi connectivity index (χ0) is 21.5. The Morgan fingerprint density at radius 2 is 1.38 bits per heavy atom. The molecule has 154 valence electrons. The number of benzene rings is 4. The average Bonchev–Trinajstić information content (AvgIpc) is 3.22. The van der Waals surface area contributed by atoms with Gasteiger partial charge in [-0.3, -0.25) is 5.43 Å². The SMILES string of the molecule is ClC1=CC(c2ccc3c(c2)oc2ccccc23)=NN(c2ccc(-c3ccccc3)cc2)N1. The second-order valence-electron chi connectivity index (χ2n) is 7.62. The molecule has 4 aromatic carbocycles. The van der Waals surface area contributed by atoms with Crippen LogP contribution in [0.5, 0.6) is 0 Å². The second kappa shape index (κ2) is 7.59. The highest BCUT2D eigenvalue weighted by molar-refractivity contribution is 6.32. The normalized spacial score (nSPS) is 13.7. The molecule has 1 aliphatic heterocycles. The number of anilines is 1. The van der Waals surface area contributed by atoms with E-state index in [-0.39, 0.29) is 0 Å². The van der Waals surface area contributed by atoms with Gasteiger partial charge in [0, 0.05) is 22.4 Å². The van der Waals surface area contributed by atoms with Gasteiger partial charge in [0.15, 0.2) is 0 Å². The Bertz CT molecular complexity index is 1500. The highest BCUT2D eigenvalue weighted by Gasteiger charge is 2.16. The monoisotopic (exact) mass is 435 g/mol. The Morgan fingerprint density at radius 3 is 2.22 bits per heavy atom. The van der Waals surface area contributed by atoms with Gasteiger partial charge in [0.05, 0.1) is 11.4 Å². The van der Waals surface area contributed by atoms with Gasteiger partial charge in [-0.1, -0.05) is 78.3 Å². The van der Waals surface area contributed by atoms with E-state index in [0.717, 1.165) is 44.5 Å². The Balaban J connectivity index is 1.35. The zero-order valence-corrected chi connectivity index (χ0v) is 17.8. The van der Waals surface area contributed by atoms with E-state index >= 15 is 0 Å². The maximum absolute atomic E-state index is 6.42. The zero-order valence-electron chi connectivity index (χ0n) is 17.0. The summed E-state index contributed by atoms with van der Waals surface area (Å²) in [5.74, 6) is 0. The molecule has 32 heavy (non-hydrogen) atoms. The minimum absolute atomic E-state index is 0.492. The van der Waals surface area contributed by atoms with Crippen LogP contribution in [0.15, 0.2) is 118 Å². The minimum atomic E-state index is 0.492. The molecule has 0 bridgehead atoms. The minimum Gasteiger partial charge on any atom is -0.456 e. The first-order chi connectivity index (χ1) is 15.7. The number of nitrogens with zero attached hydrogens (tertiary/aromatic N) is 2. The molecule has 0 spiro atoms. The summed E-state index contributed by atoms with van der Waals surface area (Å²) in [5, 5.41) is 9.15. The molecule has 2 heterocycles. The van der Waals surface area contributed by atoms with Gasteiger partial charge in [-0.15, -0.1) is 0 Å². The fourth-order valence-electron chi connectivity index (χ4n) is 3.99. The highest BCUT2D eigenvalue weighted by atomic mass is 35.5. The van der Waals surface area contributed by atoms with Crippen molar-refractivity contribution >= 4 is 44.9 Å². The number of fused-ring (bicyclic) bond motifs is 3. The van der Waals surface area contributed by atoms with Gasteiger partial charge in [-0.05, 0) is 41.5 Å². The first-order valence-electron chi connectivity index (χ1n) is 10.3. The van der Waals surface area contributed by atoms with E-state index in [0.29, 0.717) is 5.16 Å². The number of hydrazine groups is 1. The van der Waals surface area contributed by atoms with Gasteiger partial charge < -0.3 is 4.42 Å². The van der Waals surface area contributed by atoms with E-state index in [1.165, 1.54) is 5.56 Å². The van der Waals surface area contributed by atoms with Crippen LogP contribution in [0.1, 0.15) is 5.56 Å². The van der Waals surface area contributed by atoms with E-state index in [1.54, 1.807) is 5.12 Å². The lowest BCUT2D eigenvalue weighted by atomic mass is 10.1. The first kappa shape index (κ1) is 18.7. The summed E-state index contributed by atoms with van der Waals surface area (Å²) >= 11 is 6.42. The number of para-hydroxylation sites is 1. The number of furan rings is 1. The first-order valence-corrected chi connectivity index (χ1v) is 10.7. The molecule has 5 heteroatoms. The smallest absolute Gasteiger partial charge is 0.136 e. The van der Waals surface area contributed by atoms with Crippen LogP contribution < -0.4 is 10.5 Å². The number of hydrogen-bond donors (Lipinski definition) is 1. The fourth-order valence-corrected chi connectivity index (χ4v) is 4.17. The number of hydrogen-bond acceptors (Lipinski definition) is 4. The molecule has 0 saturated carbocycles. The third-order valence-electron chi connectivity index (χ3n) is 5.58. The van der Waals surface area contributed by atoms with Crippen LogP contribution >= 0.6 is 11.6 Å². The van der Waals surface area contributed by atoms with Crippen molar-refractivity contribution in [2.45, 2.75) is 0 Å². The van der Waals surface area contributed by atoms with E-state index in [4.69, 9.17) is 21.1 Å². The molecule has 0 saturated heterocycles. The van der Waals surface area contributed by atoms with Crippen molar-refractivity contribution in [2.75, 3.05) is 5.12 Å². The summed E-state index contributed by atoms with van der Waals surface area (Å²) in [6.45, 7) is 0. The third-order valence-corrected chi connectivity index (χ3v) is 5.77. The summed E-state index contributed by atoms with van der Waals surface area (Å²) in [4.78, 5) is 0. The Morgan fingerprint density at radius 1 is 0.688 bits per heavy atom. The van der Waals surface area contributed by atoms with Gasteiger partial charge in [0.2, 0.25) is 0 Å². The average molecular weight is 436 g/mol. The summed E-state index contributed by atoms with van der Waals surface area (Å²) in [6.07, 6.45) is 1.82. The molecule has 0 amide bonds. The number of halogens is 1. The lowest BCUT2D eigenvalue weighted by Gasteiger charge is -2.25. The highest BCUT2D eigenvalue weighted by Crippen LogP contribution is 2.30. The molecule has 0 fully saturated rings. The molecule has 6 rings (SSSR count). The Kier molecular flexibility index (Phi) is 4.44. The summed E-state index contributed by atoms with van der Waals surface area (Å²) in [7, 11) is 0. The van der Waals surface area contributed by atoms with E-state index in [2.05, 4.69) is 41.8 Å². The van der Waals surface area contributed by atoms with Crippen molar-refractivity contribution in [3.63, 3.8) is 0 Å². The van der Waals surface area contributed by atoms with Crippen molar-refractivity contribution in [1.82, 2.24) is 5.43 Å². The molecule has 1 aromatic heterocycles. The van der Waals surface area contributed by atoms with Crippen molar-refractivity contribution in [1.29, 1.82) is 0 Å². The molecular formula is C27H18ClN3O. The lowest BCUT2D eigenvalue weighted by Crippen LogP contribution is -2.35. The van der Waals surface area contributed by atoms with Gasteiger partial charge in [0.25, 0.3) is 0 Å². The molecule has 0 aliphatic carbocycles. The van der Waals surface area contributed by atoms with E-state index in [9.17, 15) is 0 Å². The van der Waals surface area contributed by atoms with Gasteiger partial charge in [0.1, 0.15) is 16.3 Å². The maximum Gasteiger partial charge on any atom is 0.136 e. The molecule has 1 aliphatic rings. The summed E-state index contributed by atoms with van der Waals surface area (Å²) in [5.41, 5.74) is 9.69. The Hall–Kier alpha value is -4.02. The van der Waals surface area contributed by atoms with Crippen molar-refractivity contribution in [3.8, 4) is 11.1 Å². The van der Waals surface area contributed by atoms with E-state index in [1.807, 2.05) is 66.7 Å².